The number of thiocarbonyl (C=S) groups is 1. The lowest BCUT2D eigenvalue weighted by atomic mass is 10.1. The number of thioether (sulfide) groups is 1. The van der Waals surface area contributed by atoms with Crippen LogP contribution < -0.4 is 14.8 Å². The van der Waals surface area contributed by atoms with Crippen LogP contribution in [-0.2, 0) is 9.59 Å². The lowest BCUT2D eigenvalue weighted by Gasteiger charge is -2.15. The molecule has 174 valence electrons. The van der Waals surface area contributed by atoms with Crippen LogP contribution in [0.5, 0.6) is 11.5 Å². The first-order chi connectivity index (χ1) is 15.7. The van der Waals surface area contributed by atoms with Crippen LogP contribution in [0, 0.1) is 13.8 Å². The fourth-order valence-electron chi connectivity index (χ4n) is 3.35. The molecule has 1 aliphatic rings. The van der Waals surface area contributed by atoms with Crippen molar-refractivity contribution >= 4 is 67.8 Å². The van der Waals surface area contributed by atoms with Gasteiger partial charge >= 0.3 is 0 Å². The molecule has 33 heavy (non-hydrogen) atoms. The third kappa shape index (κ3) is 6.16. The number of anilines is 1. The number of aryl methyl sites for hydroxylation is 2. The van der Waals surface area contributed by atoms with E-state index in [-0.39, 0.29) is 18.4 Å². The molecule has 0 aliphatic carbocycles. The van der Waals surface area contributed by atoms with Crippen molar-refractivity contribution in [1.29, 1.82) is 0 Å². The van der Waals surface area contributed by atoms with Crippen LogP contribution in [0.25, 0.3) is 6.08 Å². The highest BCUT2D eigenvalue weighted by Gasteiger charge is 2.30. The summed E-state index contributed by atoms with van der Waals surface area (Å²) in [7, 11) is 0. The van der Waals surface area contributed by atoms with E-state index in [9.17, 15) is 9.59 Å². The largest absolute Gasteiger partial charge is 0.490 e. The molecule has 1 fully saturated rings. The summed E-state index contributed by atoms with van der Waals surface area (Å²) in [4.78, 5) is 27.1. The highest BCUT2D eigenvalue weighted by molar-refractivity contribution is 9.10. The molecule has 2 aromatic rings. The van der Waals surface area contributed by atoms with E-state index in [2.05, 4.69) is 21.2 Å². The predicted molar refractivity (Wildman–Crippen MR) is 141 cm³/mol. The number of hydrogen-bond acceptors (Lipinski definition) is 6. The summed E-state index contributed by atoms with van der Waals surface area (Å²) in [6, 6.07) is 9.24. The molecule has 0 unspecified atom stereocenters. The molecule has 1 N–H and O–H groups in total. The number of nitrogens with zero attached hydrogens (tertiary/aromatic N) is 1. The summed E-state index contributed by atoms with van der Waals surface area (Å²) in [6.07, 6.45) is 1.78. The summed E-state index contributed by atoms with van der Waals surface area (Å²) in [5.74, 6) is 0.592. The zero-order chi connectivity index (χ0) is 24.1. The van der Waals surface area contributed by atoms with Gasteiger partial charge in [-0.1, -0.05) is 46.0 Å². The minimum atomic E-state index is -0.265. The smallest absolute Gasteiger partial charge is 0.266 e. The first-order valence-electron chi connectivity index (χ1n) is 10.4. The van der Waals surface area contributed by atoms with Crippen LogP contribution >= 0.6 is 39.9 Å². The number of nitrogens with one attached hydrogen (secondary N) is 1. The van der Waals surface area contributed by atoms with Crippen molar-refractivity contribution in [3.05, 3.63) is 56.4 Å². The fraction of sp³-hybridized carbons (Fsp3) is 0.292. The molecule has 0 radical (unpaired) electrons. The van der Waals surface area contributed by atoms with Gasteiger partial charge in [-0.2, -0.15) is 0 Å². The first kappa shape index (κ1) is 25.3. The number of amides is 2. The van der Waals surface area contributed by atoms with E-state index < -0.39 is 0 Å². The lowest BCUT2D eigenvalue weighted by Crippen LogP contribution is -2.27. The highest BCUT2D eigenvalue weighted by atomic mass is 79.9. The van der Waals surface area contributed by atoms with Crippen molar-refractivity contribution in [1.82, 2.24) is 4.90 Å². The molecule has 0 bridgehead atoms. The quantitative estimate of drug-likeness (QED) is 0.337. The number of likely N-dealkylation sites (N-methyl/N-ethyl adjacent to an activating group) is 1. The molecule has 6 nitrogen and oxygen atoms in total. The maximum Gasteiger partial charge on any atom is 0.266 e. The molecule has 0 saturated carbocycles. The number of halogens is 1. The van der Waals surface area contributed by atoms with Gasteiger partial charge in [-0.05, 0) is 74.7 Å². The number of ether oxygens (including phenoxy) is 2. The van der Waals surface area contributed by atoms with E-state index in [0.717, 1.165) is 26.9 Å². The van der Waals surface area contributed by atoms with Gasteiger partial charge in [-0.3, -0.25) is 14.5 Å². The Morgan fingerprint density at radius 1 is 1.15 bits per heavy atom. The monoisotopic (exact) mass is 548 g/mol. The Balaban J connectivity index is 1.72. The van der Waals surface area contributed by atoms with Gasteiger partial charge in [0.25, 0.3) is 11.8 Å². The maximum atomic E-state index is 12.5. The average molecular weight is 550 g/mol. The summed E-state index contributed by atoms with van der Waals surface area (Å²) < 4.78 is 13.0. The second-order valence-electron chi connectivity index (χ2n) is 7.32. The Morgan fingerprint density at radius 2 is 1.85 bits per heavy atom. The molecule has 0 aromatic heterocycles. The predicted octanol–water partition coefficient (Wildman–Crippen LogP) is 5.70. The third-order valence-electron chi connectivity index (χ3n) is 4.88. The van der Waals surface area contributed by atoms with Crippen LogP contribution in [-0.4, -0.2) is 40.8 Å². The second-order valence-corrected chi connectivity index (χ2v) is 9.91. The number of benzene rings is 2. The SMILES string of the molecule is CCOc1cc(/C=C2\SC(=S)N(CC)C2=O)ccc1OCC(=O)Nc1c(C)cc(Br)cc1C. The van der Waals surface area contributed by atoms with Gasteiger partial charge in [-0.25, -0.2) is 0 Å². The van der Waals surface area contributed by atoms with Crippen LogP contribution in [0.3, 0.4) is 0 Å². The molecule has 2 amide bonds. The molecule has 9 heteroatoms. The van der Waals surface area contributed by atoms with E-state index in [1.165, 1.54) is 11.8 Å². The van der Waals surface area contributed by atoms with Crippen molar-refractivity contribution in [2.24, 2.45) is 0 Å². The van der Waals surface area contributed by atoms with Gasteiger partial charge in [0.1, 0.15) is 4.32 Å². The maximum absolute atomic E-state index is 12.5. The number of hydrogen-bond donors (Lipinski definition) is 1. The molecular weight excluding hydrogens is 524 g/mol. The van der Waals surface area contributed by atoms with Crippen LogP contribution in [0.15, 0.2) is 39.7 Å². The van der Waals surface area contributed by atoms with Gasteiger partial charge in [0.15, 0.2) is 18.1 Å². The van der Waals surface area contributed by atoms with E-state index in [4.69, 9.17) is 21.7 Å². The molecule has 0 spiro atoms. The van der Waals surface area contributed by atoms with Crippen molar-refractivity contribution in [3.8, 4) is 11.5 Å². The molecule has 0 atom stereocenters. The van der Waals surface area contributed by atoms with Crippen LogP contribution in [0.1, 0.15) is 30.5 Å². The van der Waals surface area contributed by atoms with Gasteiger partial charge in [0.05, 0.1) is 11.5 Å². The number of carbonyl (C=O) groups is 2. The Labute approximate surface area is 211 Å². The lowest BCUT2D eigenvalue weighted by molar-refractivity contribution is -0.122. The van der Waals surface area contributed by atoms with E-state index in [0.29, 0.717) is 33.9 Å². The van der Waals surface area contributed by atoms with Gasteiger partial charge in [-0.15, -0.1) is 0 Å². The minimum absolute atomic E-state index is 0.0963. The zero-order valence-corrected chi connectivity index (χ0v) is 22.1. The topological polar surface area (TPSA) is 67.9 Å². The summed E-state index contributed by atoms with van der Waals surface area (Å²) in [5.41, 5.74) is 3.48. The van der Waals surface area contributed by atoms with E-state index in [1.54, 1.807) is 23.1 Å². The Morgan fingerprint density at radius 3 is 2.45 bits per heavy atom. The van der Waals surface area contributed by atoms with Crippen molar-refractivity contribution in [2.45, 2.75) is 27.7 Å². The second kappa shape index (κ2) is 11.2. The van der Waals surface area contributed by atoms with Crippen LogP contribution in [0.2, 0.25) is 0 Å². The molecule has 1 heterocycles. The van der Waals surface area contributed by atoms with Gasteiger partial charge < -0.3 is 14.8 Å². The Hall–Kier alpha value is -2.36. The van der Waals surface area contributed by atoms with Crippen molar-refractivity contribution in [2.75, 3.05) is 25.1 Å². The normalized spacial score (nSPS) is 14.7. The van der Waals surface area contributed by atoms with E-state index >= 15 is 0 Å². The van der Waals surface area contributed by atoms with Gasteiger partial charge in [0.2, 0.25) is 0 Å². The Bertz CT molecular complexity index is 1110. The molecule has 1 aliphatic heterocycles. The first-order valence-corrected chi connectivity index (χ1v) is 12.5. The zero-order valence-electron chi connectivity index (χ0n) is 18.9. The summed E-state index contributed by atoms with van der Waals surface area (Å²) in [5, 5.41) is 2.91. The standard InChI is InChI=1S/C24H25BrN2O4S2/c1-5-27-23(29)20(33-24(27)32)12-16-7-8-18(19(11-16)30-6-2)31-13-21(28)26-22-14(3)9-17(25)10-15(22)4/h7-12H,5-6,13H2,1-4H3,(H,26,28)/b20-12-. The average Bonchev–Trinajstić information content (AvgIpc) is 3.02. The van der Waals surface area contributed by atoms with Crippen molar-refractivity contribution < 1.29 is 19.1 Å². The van der Waals surface area contributed by atoms with Crippen LogP contribution in [0.4, 0.5) is 5.69 Å². The molecule has 3 rings (SSSR count). The summed E-state index contributed by atoms with van der Waals surface area (Å²) in [6.45, 7) is 8.45. The van der Waals surface area contributed by atoms with Gasteiger partial charge in [0, 0.05) is 16.7 Å². The number of carbonyl (C=O) groups excluding carboxylic acids is 2. The molecule has 1 saturated heterocycles. The third-order valence-corrected chi connectivity index (χ3v) is 6.71. The highest BCUT2D eigenvalue weighted by Crippen LogP contribution is 2.35. The number of rotatable bonds is 8. The minimum Gasteiger partial charge on any atom is -0.490 e. The Kier molecular flexibility index (Phi) is 8.56. The van der Waals surface area contributed by atoms with E-state index in [1.807, 2.05) is 45.9 Å². The van der Waals surface area contributed by atoms with Crippen molar-refractivity contribution in [3.63, 3.8) is 0 Å². The molecule has 2 aromatic carbocycles. The molecular formula is C24H25BrN2O4S2. The summed E-state index contributed by atoms with van der Waals surface area (Å²) >= 11 is 10.0. The fourth-order valence-corrected chi connectivity index (χ4v) is 5.42.